The van der Waals surface area contributed by atoms with Gasteiger partial charge in [-0.15, -0.1) is 0 Å². The summed E-state index contributed by atoms with van der Waals surface area (Å²) < 4.78 is 7.07. The minimum absolute atomic E-state index is 0.335. The van der Waals surface area contributed by atoms with E-state index in [1.807, 2.05) is 47.3 Å². The Morgan fingerprint density at radius 2 is 1.88 bits per heavy atom. The summed E-state index contributed by atoms with van der Waals surface area (Å²) in [7, 11) is 0. The van der Waals surface area contributed by atoms with Crippen LogP contribution >= 0.6 is 0 Å². The largest absolute Gasteiger partial charge is 0.480 e. The van der Waals surface area contributed by atoms with Gasteiger partial charge in [-0.1, -0.05) is 12.1 Å². The van der Waals surface area contributed by atoms with Crippen LogP contribution in [0.5, 0.6) is 5.75 Å². The average Bonchev–Trinajstić information content (AvgIpc) is 2.80. The molecule has 1 heterocycles. The van der Waals surface area contributed by atoms with Crippen LogP contribution in [0.3, 0.4) is 0 Å². The highest BCUT2D eigenvalue weighted by atomic mass is 16.5. The first kappa shape index (κ1) is 10.3. The minimum Gasteiger partial charge on any atom is -0.480 e. The van der Waals surface area contributed by atoms with Crippen LogP contribution in [-0.2, 0) is 4.79 Å². The second kappa shape index (κ2) is 4.53. The first-order valence-electron chi connectivity index (χ1n) is 4.84. The molecule has 0 aliphatic carbocycles. The van der Waals surface area contributed by atoms with Crippen molar-refractivity contribution in [3.63, 3.8) is 0 Å². The van der Waals surface area contributed by atoms with E-state index in [0.717, 1.165) is 5.69 Å². The van der Waals surface area contributed by atoms with E-state index in [1.54, 1.807) is 6.07 Å². The van der Waals surface area contributed by atoms with Gasteiger partial charge >= 0.3 is 5.97 Å². The van der Waals surface area contributed by atoms with Gasteiger partial charge in [0.2, 0.25) is 0 Å². The molecule has 0 fully saturated rings. The lowest BCUT2D eigenvalue weighted by atomic mass is 10.3. The molecule has 4 heteroatoms. The molecule has 0 radical (unpaired) electrons. The summed E-state index contributed by atoms with van der Waals surface area (Å²) in [4.78, 5) is 10.4. The fraction of sp³-hybridized carbons (Fsp3) is 0.0833. The fourth-order valence-corrected chi connectivity index (χ4v) is 1.43. The molecule has 1 N–H and O–H groups in total. The highest BCUT2D eigenvalue weighted by molar-refractivity contribution is 5.68. The van der Waals surface area contributed by atoms with E-state index in [-0.39, 0.29) is 6.61 Å². The number of para-hydroxylation sites is 2. The van der Waals surface area contributed by atoms with Gasteiger partial charge in [0.25, 0.3) is 0 Å². The molecule has 16 heavy (non-hydrogen) atoms. The summed E-state index contributed by atoms with van der Waals surface area (Å²) >= 11 is 0. The molecular weight excluding hydrogens is 206 g/mol. The number of aliphatic carboxylic acids is 1. The zero-order valence-electron chi connectivity index (χ0n) is 8.54. The molecule has 0 bridgehead atoms. The third-order valence-corrected chi connectivity index (χ3v) is 2.10. The Bertz CT molecular complexity index is 477. The SMILES string of the molecule is O=C(O)COc1ccccc1-n1cccc1. The van der Waals surface area contributed by atoms with Gasteiger partial charge in [-0.3, -0.25) is 0 Å². The molecule has 0 saturated carbocycles. The normalized spacial score (nSPS) is 10.0. The van der Waals surface area contributed by atoms with Gasteiger partial charge in [0.15, 0.2) is 6.61 Å². The lowest BCUT2D eigenvalue weighted by Crippen LogP contribution is -2.10. The van der Waals surface area contributed by atoms with Crippen LogP contribution in [0, 0.1) is 0 Å². The lowest BCUT2D eigenvalue weighted by Gasteiger charge is -2.10. The van der Waals surface area contributed by atoms with Crippen molar-refractivity contribution < 1.29 is 14.6 Å². The number of benzene rings is 1. The molecule has 1 aromatic heterocycles. The van der Waals surface area contributed by atoms with Gasteiger partial charge in [0.1, 0.15) is 5.75 Å². The van der Waals surface area contributed by atoms with Crippen molar-refractivity contribution in [2.75, 3.05) is 6.61 Å². The maximum absolute atomic E-state index is 10.4. The second-order valence-electron chi connectivity index (χ2n) is 3.24. The van der Waals surface area contributed by atoms with Gasteiger partial charge in [0, 0.05) is 12.4 Å². The fourth-order valence-electron chi connectivity index (χ4n) is 1.43. The molecule has 4 nitrogen and oxygen atoms in total. The Morgan fingerprint density at radius 3 is 2.56 bits per heavy atom. The molecule has 2 aromatic rings. The number of aromatic nitrogens is 1. The zero-order chi connectivity index (χ0) is 11.4. The molecule has 82 valence electrons. The van der Waals surface area contributed by atoms with Crippen LogP contribution in [0.1, 0.15) is 0 Å². The zero-order valence-corrected chi connectivity index (χ0v) is 8.54. The first-order valence-corrected chi connectivity index (χ1v) is 4.84. The van der Waals surface area contributed by atoms with Gasteiger partial charge in [0.05, 0.1) is 5.69 Å². The Hall–Kier alpha value is -2.23. The number of carbonyl (C=O) groups is 1. The molecule has 0 aliphatic rings. The van der Waals surface area contributed by atoms with Crippen molar-refractivity contribution in [3.05, 3.63) is 48.8 Å². The topological polar surface area (TPSA) is 51.5 Å². The summed E-state index contributed by atoms with van der Waals surface area (Å²) in [5, 5.41) is 8.56. The Kier molecular flexibility index (Phi) is 2.91. The van der Waals surface area contributed by atoms with Gasteiger partial charge < -0.3 is 14.4 Å². The predicted molar refractivity (Wildman–Crippen MR) is 58.9 cm³/mol. The summed E-state index contributed by atoms with van der Waals surface area (Å²) in [6.45, 7) is -0.335. The molecule has 0 atom stereocenters. The Morgan fingerprint density at radius 1 is 1.19 bits per heavy atom. The van der Waals surface area contributed by atoms with Gasteiger partial charge in [-0.2, -0.15) is 0 Å². The number of nitrogens with zero attached hydrogens (tertiary/aromatic N) is 1. The number of rotatable bonds is 4. The summed E-state index contributed by atoms with van der Waals surface area (Å²) in [5.74, 6) is -0.427. The highest BCUT2D eigenvalue weighted by Gasteiger charge is 2.05. The summed E-state index contributed by atoms with van der Waals surface area (Å²) in [6.07, 6.45) is 3.76. The number of hydrogen-bond donors (Lipinski definition) is 1. The quantitative estimate of drug-likeness (QED) is 0.851. The monoisotopic (exact) mass is 217 g/mol. The minimum atomic E-state index is -0.984. The molecule has 0 spiro atoms. The van der Waals surface area contributed by atoms with Gasteiger partial charge in [-0.05, 0) is 24.3 Å². The average molecular weight is 217 g/mol. The van der Waals surface area contributed by atoms with Crippen LogP contribution in [0.4, 0.5) is 0 Å². The van der Waals surface area contributed by atoms with Crippen LogP contribution in [0.2, 0.25) is 0 Å². The van der Waals surface area contributed by atoms with Crippen LogP contribution in [-0.4, -0.2) is 22.2 Å². The second-order valence-corrected chi connectivity index (χ2v) is 3.24. The van der Waals surface area contributed by atoms with E-state index in [0.29, 0.717) is 5.75 Å². The number of ether oxygens (including phenoxy) is 1. The van der Waals surface area contributed by atoms with E-state index < -0.39 is 5.97 Å². The van der Waals surface area contributed by atoms with Crippen LogP contribution < -0.4 is 4.74 Å². The van der Waals surface area contributed by atoms with E-state index >= 15 is 0 Å². The van der Waals surface area contributed by atoms with Crippen molar-refractivity contribution in [3.8, 4) is 11.4 Å². The smallest absolute Gasteiger partial charge is 0.341 e. The lowest BCUT2D eigenvalue weighted by molar-refractivity contribution is -0.139. The van der Waals surface area contributed by atoms with Crippen molar-refractivity contribution in [2.24, 2.45) is 0 Å². The van der Waals surface area contributed by atoms with Crippen LogP contribution in [0.25, 0.3) is 5.69 Å². The third kappa shape index (κ3) is 2.23. The van der Waals surface area contributed by atoms with E-state index in [9.17, 15) is 4.79 Å². The predicted octanol–water partition coefficient (Wildman–Crippen LogP) is 1.94. The van der Waals surface area contributed by atoms with Crippen LogP contribution in [0.15, 0.2) is 48.8 Å². The van der Waals surface area contributed by atoms with Crippen molar-refractivity contribution in [1.29, 1.82) is 0 Å². The molecule has 0 amide bonds. The summed E-state index contributed by atoms with van der Waals surface area (Å²) in [5.41, 5.74) is 0.828. The molecule has 0 saturated heterocycles. The molecule has 0 unspecified atom stereocenters. The van der Waals surface area contributed by atoms with Crippen molar-refractivity contribution >= 4 is 5.97 Å². The van der Waals surface area contributed by atoms with E-state index in [4.69, 9.17) is 9.84 Å². The standard InChI is InChI=1S/C12H11NO3/c14-12(15)9-16-11-6-2-1-5-10(11)13-7-3-4-8-13/h1-8H,9H2,(H,14,15). The number of carboxylic acids is 1. The molecule has 2 rings (SSSR count). The maximum atomic E-state index is 10.4. The van der Waals surface area contributed by atoms with E-state index in [1.165, 1.54) is 0 Å². The molecule has 1 aromatic carbocycles. The first-order chi connectivity index (χ1) is 7.77. The highest BCUT2D eigenvalue weighted by Crippen LogP contribution is 2.22. The molecular formula is C12H11NO3. The number of carboxylic acid groups (broad SMARTS) is 1. The summed E-state index contributed by atoms with van der Waals surface area (Å²) in [6, 6.07) is 11.1. The third-order valence-electron chi connectivity index (χ3n) is 2.10. The molecule has 0 aliphatic heterocycles. The van der Waals surface area contributed by atoms with Crippen molar-refractivity contribution in [1.82, 2.24) is 4.57 Å². The Labute approximate surface area is 92.7 Å². The van der Waals surface area contributed by atoms with Crippen molar-refractivity contribution in [2.45, 2.75) is 0 Å². The maximum Gasteiger partial charge on any atom is 0.341 e. The Balaban J connectivity index is 2.27. The van der Waals surface area contributed by atoms with E-state index in [2.05, 4.69) is 0 Å². The van der Waals surface area contributed by atoms with Gasteiger partial charge in [-0.25, -0.2) is 4.79 Å². The number of hydrogen-bond acceptors (Lipinski definition) is 2.